The summed E-state index contributed by atoms with van der Waals surface area (Å²) in [6, 6.07) is 9.84. The number of para-hydroxylation sites is 1. The van der Waals surface area contributed by atoms with E-state index in [0.717, 1.165) is 31.1 Å². The second-order valence-electron chi connectivity index (χ2n) is 4.96. The van der Waals surface area contributed by atoms with E-state index >= 15 is 0 Å². The number of nitrogens with zero attached hydrogens (tertiary/aromatic N) is 5. The molecular weight excluding hydrogens is 242 g/mol. The van der Waals surface area contributed by atoms with Crippen LogP contribution in [0, 0.1) is 5.92 Å². The third kappa shape index (κ3) is 2.31. The standard InChI is InChI=1S/C13H17N5O/c1-10(19)11-7-8-17(9-11)13-14-15-16-18(13)12-5-3-2-4-6-12/h2-6,10-11,19H,7-9H2,1H3. The van der Waals surface area contributed by atoms with Gasteiger partial charge in [-0.1, -0.05) is 23.3 Å². The van der Waals surface area contributed by atoms with Crippen LogP contribution >= 0.6 is 0 Å². The number of aromatic nitrogens is 4. The average Bonchev–Trinajstić information content (AvgIpc) is 3.08. The summed E-state index contributed by atoms with van der Waals surface area (Å²) in [5.74, 6) is 1.04. The molecule has 1 aliphatic rings. The Labute approximate surface area is 111 Å². The number of aliphatic hydroxyl groups excluding tert-OH is 1. The molecule has 0 bridgehead atoms. The molecule has 1 fully saturated rings. The van der Waals surface area contributed by atoms with Crippen LogP contribution in [0.3, 0.4) is 0 Å². The fourth-order valence-electron chi connectivity index (χ4n) is 2.48. The molecule has 2 heterocycles. The van der Waals surface area contributed by atoms with Gasteiger partial charge in [0, 0.05) is 19.0 Å². The summed E-state index contributed by atoms with van der Waals surface area (Å²) < 4.78 is 1.74. The Morgan fingerprint density at radius 2 is 2.11 bits per heavy atom. The Balaban J connectivity index is 1.86. The van der Waals surface area contributed by atoms with Crippen LogP contribution in [0.5, 0.6) is 0 Å². The van der Waals surface area contributed by atoms with Crippen molar-refractivity contribution in [2.45, 2.75) is 19.4 Å². The first kappa shape index (κ1) is 12.1. The lowest BCUT2D eigenvalue weighted by Gasteiger charge is -2.18. The molecule has 0 spiro atoms. The molecule has 100 valence electrons. The first-order valence-corrected chi connectivity index (χ1v) is 6.52. The van der Waals surface area contributed by atoms with Gasteiger partial charge in [0.15, 0.2) is 0 Å². The normalized spacial score (nSPS) is 20.7. The highest BCUT2D eigenvalue weighted by Gasteiger charge is 2.29. The molecule has 6 heteroatoms. The number of anilines is 1. The number of rotatable bonds is 3. The monoisotopic (exact) mass is 259 g/mol. The second-order valence-corrected chi connectivity index (χ2v) is 4.96. The summed E-state index contributed by atoms with van der Waals surface area (Å²) in [4.78, 5) is 2.13. The van der Waals surface area contributed by atoms with E-state index in [1.807, 2.05) is 37.3 Å². The van der Waals surface area contributed by atoms with E-state index in [1.54, 1.807) is 4.68 Å². The van der Waals surface area contributed by atoms with E-state index in [9.17, 15) is 5.11 Å². The summed E-state index contributed by atoms with van der Waals surface area (Å²) in [5.41, 5.74) is 0.947. The van der Waals surface area contributed by atoms with Crippen LogP contribution in [0.2, 0.25) is 0 Å². The molecule has 0 amide bonds. The summed E-state index contributed by atoms with van der Waals surface area (Å²) in [7, 11) is 0. The Kier molecular flexibility index (Phi) is 3.16. The lowest BCUT2D eigenvalue weighted by atomic mass is 10.0. The molecule has 0 radical (unpaired) electrons. The number of tetrazole rings is 1. The Bertz CT molecular complexity index is 539. The summed E-state index contributed by atoms with van der Waals surface area (Å²) in [6.07, 6.45) is 0.685. The van der Waals surface area contributed by atoms with Gasteiger partial charge >= 0.3 is 0 Å². The van der Waals surface area contributed by atoms with E-state index in [0.29, 0.717) is 5.92 Å². The lowest BCUT2D eigenvalue weighted by molar-refractivity contribution is 0.136. The highest BCUT2D eigenvalue weighted by Crippen LogP contribution is 2.25. The maximum atomic E-state index is 9.67. The smallest absolute Gasteiger partial charge is 0.250 e. The van der Waals surface area contributed by atoms with Crippen LogP contribution < -0.4 is 4.90 Å². The first-order valence-electron chi connectivity index (χ1n) is 6.52. The van der Waals surface area contributed by atoms with Gasteiger partial charge in [-0.15, -0.1) is 0 Å². The van der Waals surface area contributed by atoms with Crippen molar-refractivity contribution in [2.24, 2.45) is 5.92 Å². The van der Waals surface area contributed by atoms with Gasteiger partial charge in [-0.3, -0.25) is 0 Å². The molecule has 0 saturated carbocycles. The third-order valence-electron chi connectivity index (χ3n) is 3.64. The molecule has 1 N–H and O–H groups in total. The molecule has 2 unspecified atom stereocenters. The van der Waals surface area contributed by atoms with E-state index in [1.165, 1.54) is 0 Å². The average molecular weight is 259 g/mol. The van der Waals surface area contributed by atoms with Gasteiger partial charge < -0.3 is 10.0 Å². The molecule has 0 aliphatic carbocycles. The molecular formula is C13H17N5O. The second kappa shape index (κ2) is 4.97. The van der Waals surface area contributed by atoms with Gasteiger partial charge in [0.25, 0.3) is 0 Å². The molecule has 2 aromatic rings. The number of benzene rings is 1. The van der Waals surface area contributed by atoms with E-state index in [2.05, 4.69) is 20.4 Å². The zero-order valence-corrected chi connectivity index (χ0v) is 10.8. The molecule has 1 saturated heterocycles. The summed E-state index contributed by atoms with van der Waals surface area (Å²) >= 11 is 0. The van der Waals surface area contributed by atoms with E-state index in [-0.39, 0.29) is 6.10 Å². The SMILES string of the molecule is CC(O)C1CCN(c2nnnn2-c2ccccc2)C1. The minimum atomic E-state index is -0.286. The van der Waals surface area contributed by atoms with Crippen LogP contribution in [0.25, 0.3) is 5.69 Å². The minimum Gasteiger partial charge on any atom is -0.393 e. The van der Waals surface area contributed by atoms with Crippen LogP contribution in [0.4, 0.5) is 5.95 Å². The van der Waals surface area contributed by atoms with Crippen molar-refractivity contribution in [2.75, 3.05) is 18.0 Å². The molecule has 2 atom stereocenters. The van der Waals surface area contributed by atoms with Gasteiger partial charge in [-0.25, -0.2) is 0 Å². The van der Waals surface area contributed by atoms with Gasteiger partial charge in [-0.05, 0) is 35.9 Å². The van der Waals surface area contributed by atoms with Gasteiger partial charge in [0.2, 0.25) is 5.95 Å². The fourth-order valence-corrected chi connectivity index (χ4v) is 2.48. The third-order valence-corrected chi connectivity index (χ3v) is 3.64. The predicted octanol–water partition coefficient (Wildman–Crippen LogP) is 0.869. The highest BCUT2D eigenvalue weighted by molar-refractivity contribution is 5.41. The van der Waals surface area contributed by atoms with Crippen molar-refractivity contribution in [1.82, 2.24) is 20.2 Å². The molecule has 1 aliphatic heterocycles. The quantitative estimate of drug-likeness (QED) is 0.886. The van der Waals surface area contributed by atoms with Gasteiger partial charge in [0.05, 0.1) is 11.8 Å². The van der Waals surface area contributed by atoms with Crippen molar-refractivity contribution in [3.63, 3.8) is 0 Å². The predicted molar refractivity (Wildman–Crippen MR) is 71.2 cm³/mol. The number of hydrogen-bond acceptors (Lipinski definition) is 5. The van der Waals surface area contributed by atoms with Crippen molar-refractivity contribution < 1.29 is 5.11 Å². The molecule has 19 heavy (non-hydrogen) atoms. The van der Waals surface area contributed by atoms with Crippen molar-refractivity contribution in [1.29, 1.82) is 0 Å². The fraction of sp³-hybridized carbons (Fsp3) is 0.462. The topological polar surface area (TPSA) is 67.1 Å². The van der Waals surface area contributed by atoms with Crippen LogP contribution in [-0.2, 0) is 0 Å². The van der Waals surface area contributed by atoms with Crippen LogP contribution in [0.1, 0.15) is 13.3 Å². The Hall–Kier alpha value is -1.95. The summed E-state index contributed by atoms with van der Waals surface area (Å²) in [6.45, 7) is 3.52. The maximum Gasteiger partial charge on any atom is 0.250 e. The van der Waals surface area contributed by atoms with Crippen molar-refractivity contribution >= 4 is 5.95 Å². The van der Waals surface area contributed by atoms with Crippen molar-refractivity contribution in [3.8, 4) is 5.69 Å². The Morgan fingerprint density at radius 1 is 1.32 bits per heavy atom. The first-order chi connectivity index (χ1) is 9.25. The molecule has 1 aromatic carbocycles. The van der Waals surface area contributed by atoms with Gasteiger partial charge in [-0.2, -0.15) is 4.68 Å². The zero-order valence-electron chi connectivity index (χ0n) is 10.8. The zero-order chi connectivity index (χ0) is 13.2. The maximum absolute atomic E-state index is 9.67. The van der Waals surface area contributed by atoms with Gasteiger partial charge in [0.1, 0.15) is 0 Å². The van der Waals surface area contributed by atoms with Crippen molar-refractivity contribution in [3.05, 3.63) is 30.3 Å². The van der Waals surface area contributed by atoms with Crippen LogP contribution in [0.15, 0.2) is 30.3 Å². The highest BCUT2D eigenvalue weighted by atomic mass is 16.3. The number of aliphatic hydroxyl groups is 1. The molecule has 1 aromatic heterocycles. The largest absolute Gasteiger partial charge is 0.393 e. The number of hydrogen-bond donors (Lipinski definition) is 1. The van der Waals surface area contributed by atoms with E-state index in [4.69, 9.17) is 0 Å². The van der Waals surface area contributed by atoms with E-state index < -0.39 is 0 Å². The lowest BCUT2D eigenvalue weighted by Crippen LogP contribution is -2.26. The molecule has 3 rings (SSSR count). The summed E-state index contributed by atoms with van der Waals surface area (Å²) in [5, 5.41) is 21.6. The minimum absolute atomic E-state index is 0.286. The Morgan fingerprint density at radius 3 is 2.79 bits per heavy atom. The van der Waals surface area contributed by atoms with Crippen LogP contribution in [-0.4, -0.2) is 44.5 Å². The molecule has 6 nitrogen and oxygen atoms in total.